The Morgan fingerprint density at radius 2 is 2.21 bits per heavy atom. The summed E-state index contributed by atoms with van der Waals surface area (Å²) < 4.78 is 10.2. The molecule has 0 bridgehead atoms. The van der Waals surface area contributed by atoms with Gasteiger partial charge in [0.1, 0.15) is 11.8 Å². The van der Waals surface area contributed by atoms with Crippen molar-refractivity contribution >= 4 is 17.7 Å². The van der Waals surface area contributed by atoms with Crippen LogP contribution in [0.4, 0.5) is 0 Å². The van der Waals surface area contributed by atoms with Crippen LogP contribution in [0.5, 0.6) is 5.75 Å². The van der Waals surface area contributed by atoms with E-state index in [9.17, 15) is 4.79 Å². The Morgan fingerprint density at radius 1 is 1.47 bits per heavy atom. The number of rotatable bonds is 7. The molecule has 0 saturated heterocycles. The fraction of sp³-hybridized carbons (Fsp3) is 0.500. The number of thioether (sulfide) groups is 1. The molecule has 1 aromatic carbocycles. The van der Waals surface area contributed by atoms with Crippen LogP contribution in [0, 0.1) is 6.92 Å². The molecule has 1 rings (SSSR count). The van der Waals surface area contributed by atoms with Crippen molar-refractivity contribution in [2.24, 2.45) is 5.73 Å². The Kier molecular flexibility index (Phi) is 6.73. The monoisotopic (exact) mass is 283 g/mol. The van der Waals surface area contributed by atoms with Crippen molar-refractivity contribution in [1.82, 2.24) is 0 Å². The molecule has 0 radical (unpaired) electrons. The van der Waals surface area contributed by atoms with Crippen molar-refractivity contribution in [2.45, 2.75) is 25.6 Å². The SMILES string of the molecule is CCOC(=O)C(N)CSCc1cc(C)ccc1OC. The van der Waals surface area contributed by atoms with Gasteiger partial charge in [0.15, 0.2) is 0 Å². The van der Waals surface area contributed by atoms with E-state index < -0.39 is 6.04 Å². The summed E-state index contributed by atoms with van der Waals surface area (Å²) in [5.74, 6) is 1.82. The quantitative estimate of drug-likeness (QED) is 0.777. The molecule has 0 aliphatic heterocycles. The Balaban J connectivity index is 2.49. The smallest absolute Gasteiger partial charge is 0.323 e. The second kappa shape index (κ2) is 8.07. The maximum absolute atomic E-state index is 11.4. The van der Waals surface area contributed by atoms with Gasteiger partial charge in [-0.25, -0.2) is 0 Å². The lowest BCUT2D eigenvalue weighted by molar-refractivity contribution is -0.144. The molecule has 19 heavy (non-hydrogen) atoms. The Morgan fingerprint density at radius 3 is 2.84 bits per heavy atom. The van der Waals surface area contributed by atoms with Crippen LogP contribution in [0.25, 0.3) is 0 Å². The minimum absolute atomic E-state index is 0.341. The topological polar surface area (TPSA) is 61.5 Å². The Labute approximate surface area is 118 Å². The third kappa shape index (κ3) is 5.12. The van der Waals surface area contributed by atoms with Gasteiger partial charge in [-0.15, -0.1) is 0 Å². The first-order valence-corrected chi connectivity index (χ1v) is 7.37. The van der Waals surface area contributed by atoms with Crippen LogP contribution in [0.15, 0.2) is 18.2 Å². The molecule has 1 unspecified atom stereocenters. The van der Waals surface area contributed by atoms with E-state index in [-0.39, 0.29) is 5.97 Å². The van der Waals surface area contributed by atoms with E-state index in [1.807, 2.05) is 19.1 Å². The van der Waals surface area contributed by atoms with E-state index in [2.05, 4.69) is 6.07 Å². The molecule has 2 N–H and O–H groups in total. The zero-order chi connectivity index (χ0) is 14.3. The first-order chi connectivity index (χ1) is 9.08. The van der Waals surface area contributed by atoms with Gasteiger partial charge in [0, 0.05) is 17.1 Å². The average Bonchev–Trinajstić information content (AvgIpc) is 2.39. The van der Waals surface area contributed by atoms with Crippen molar-refractivity contribution in [3.63, 3.8) is 0 Å². The molecule has 0 aliphatic carbocycles. The van der Waals surface area contributed by atoms with Crippen molar-refractivity contribution < 1.29 is 14.3 Å². The molecule has 106 valence electrons. The molecular weight excluding hydrogens is 262 g/mol. The number of methoxy groups -OCH3 is 1. The number of ether oxygens (including phenoxy) is 2. The van der Waals surface area contributed by atoms with E-state index in [0.717, 1.165) is 17.1 Å². The molecule has 0 aromatic heterocycles. The lowest BCUT2D eigenvalue weighted by Gasteiger charge is -2.12. The third-order valence-electron chi connectivity index (χ3n) is 2.58. The number of carbonyl (C=O) groups is 1. The zero-order valence-electron chi connectivity index (χ0n) is 11.6. The average molecular weight is 283 g/mol. The molecule has 0 spiro atoms. The first-order valence-electron chi connectivity index (χ1n) is 6.22. The van der Waals surface area contributed by atoms with Gasteiger partial charge in [-0.3, -0.25) is 4.79 Å². The van der Waals surface area contributed by atoms with Gasteiger partial charge in [0.05, 0.1) is 13.7 Å². The Bertz CT molecular complexity index is 423. The van der Waals surface area contributed by atoms with E-state index in [1.54, 1.807) is 25.8 Å². The number of hydrogen-bond donors (Lipinski definition) is 1. The molecule has 0 fully saturated rings. The summed E-state index contributed by atoms with van der Waals surface area (Å²) in [6, 6.07) is 5.48. The van der Waals surface area contributed by atoms with Gasteiger partial charge in [-0.1, -0.05) is 17.7 Å². The molecule has 0 heterocycles. The summed E-state index contributed by atoms with van der Waals surface area (Å²) in [5.41, 5.74) is 8.04. The van der Waals surface area contributed by atoms with Crippen LogP contribution in [-0.2, 0) is 15.3 Å². The molecule has 1 atom stereocenters. The van der Waals surface area contributed by atoms with Gasteiger partial charge < -0.3 is 15.2 Å². The van der Waals surface area contributed by atoms with Crippen LogP contribution in [0.3, 0.4) is 0 Å². The van der Waals surface area contributed by atoms with Gasteiger partial charge >= 0.3 is 5.97 Å². The number of benzene rings is 1. The predicted octanol–water partition coefficient (Wildman–Crippen LogP) is 2.13. The second-order valence-electron chi connectivity index (χ2n) is 4.19. The molecule has 0 saturated carbocycles. The van der Waals surface area contributed by atoms with Crippen LogP contribution >= 0.6 is 11.8 Å². The van der Waals surface area contributed by atoms with Crippen molar-refractivity contribution in [3.8, 4) is 5.75 Å². The van der Waals surface area contributed by atoms with Crippen molar-refractivity contribution in [1.29, 1.82) is 0 Å². The first kappa shape index (κ1) is 15.9. The molecule has 4 nitrogen and oxygen atoms in total. The van der Waals surface area contributed by atoms with E-state index in [0.29, 0.717) is 12.4 Å². The fourth-order valence-electron chi connectivity index (χ4n) is 1.63. The number of carbonyl (C=O) groups excluding carboxylic acids is 1. The van der Waals surface area contributed by atoms with E-state index in [1.165, 1.54) is 5.56 Å². The lowest BCUT2D eigenvalue weighted by atomic mass is 10.1. The summed E-state index contributed by atoms with van der Waals surface area (Å²) in [7, 11) is 1.66. The standard InChI is InChI=1S/C14H21NO3S/c1-4-18-14(16)12(15)9-19-8-11-7-10(2)5-6-13(11)17-3/h5-7,12H,4,8-9,15H2,1-3H3. The van der Waals surface area contributed by atoms with Crippen LogP contribution < -0.4 is 10.5 Å². The van der Waals surface area contributed by atoms with Crippen molar-refractivity contribution in [3.05, 3.63) is 29.3 Å². The van der Waals surface area contributed by atoms with Crippen molar-refractivity contribution in [2.75, 3.05) is 19.5 Å². The van der Waals surface area contributed by atoms with Crippen LogP contribution in [0.2, 0.25) is 0 Å². The fourth-order valence-corrected chi connectivity index (χ4v) is 2.59. The largest absolute Gasteiger partial charge is 0.496 e. The summed E-state index contributed by atoms with van der Waals surface area (Å²) in [6.07, 6.45) is 0. The molecular formula is C14H21NO3S. The maximum atomic E-state index is 11.4. The second-order valence-corrected chi connectivity index (χ2v) is 5.22. The minimum Gasteiger partial charge on any atom is -0.496 e. The van der Waals surface area contributed by atoms with Crippen LogP contribution in [-0.4, -0.2) is 31.5 Å². The third-order valence-corrected chi connectivity index (χ3v) is 3.69. The number of nitrogens with two attached hydrogens (primary N) is 1. The minimum atomic E-state index is -0.569. The highest BCUT2D eigenvalue weighted by Crippen LogP contribution is 2.24. The number of esters is 1. The van der Waals surface area contributed by atoms with E-state index in [4.69, 9.17) is 15.2 Å². The maximum Gasteiger partial charge on any atom is 0.323 e. The number of hydrogen-bond acceptors (Lipinski definition) is 5. The molecule has 0 amide bonds. The highest BCUT2D eigenvalue weighted by atomic mass is 32.2. The predicted molar refractivity (Wildman–Crippen MR) is 78.5 cm³/mol. The normalized spacial score (nSPS) is 12.0. The number of aryl methyl sites for hydroxylation is 1. The zero-order valence-corrected chi connectivity index (χ0v) is 12.5. The lowest BCUT2D eigenvalue weighted by Crippen LogP contribution is -2.34. The van der Waals surface area contributed by atoms with Gasteiger partial charge in [0.2, 0.25) is 0 Å². The summed E-state index contributed by atoms with van der Waals surface area (Å²) in [5, 5.41) is 0. The van der Waals surface area contributed by atoms with Crippen LogP contribution in [0.1, 0.15) is 18.1 Å². The van der Waals surface area contributed by atoms with Gasteiger partial charge in [-0.05, 0) is 19.9 Å². The molecule has 1 aromatic rings. The van der Waals surface area contributed by atoms with Gasteiger partial charge in [-0.2, -0.15) is 11.8 Å². The summed E-state index contributed by atoms with van der Waals surface area (Å²) >= 11 is 1.60. The molecule has 0 aliphatic rings. The Hall–Kier alpha value is -1.20. The van der Waals surface area contributed by atoms with Gasteiger partial charge in [0.25, 0.3) is 0 Å². The highest BCUT2D eigenvalue weighted by Gasteiger charge is 2.14. The summed E-state index contributed by atoms with van der Waals surface area (Å²) in [6.45, 7) is 4.18. The van der Waals surface area contributed by atoms with E-state index >= 15 is 0 Å². The highest BCUT2D eigenvalue weighted by molar-refractivity contribution is 7.98. The molecule has 5 heteroatoms. The summed E-state index contributed by atoms with van der Waals surface area (Å²) in [4.78, 5) is 11.4.